The van der Waals surface area contributed by atoms with E-state index in [0.29, 0.717) is 10.6 Å². The number of benzene rings is 1. The molecular weight excluding hydrogens is 342 g/mol. The number of amides is 1. The van der Waals surface area contributed by atoms with Crippen LogP contribution in [0.5, 0.6) is 0 Å². The van der Waals surface area contributed by atoms with E-state index in [9.17, 15) is 9.59 Å². The van der Waals surface area contributed by atoms with E-state index >= 15 is 0 Å². The van der Waals surface area contributed by atoms with Crippen molar-refractivity contribution in [3.05, 3.63) is 47.1 Å². The number of rotatable bonds is 6. The summed E-state index contributed by atoms with van der Waals surface area (Å²) in [6.45, 7) is 1.99. The van der Waals surface area contributed by atoms with Gasteiger partial charge in [0, 0.05) is 10.9 Å². The van der Waals surface area contributed by atoms with Gasteiger partial charge < -0.3 is 10.1 Å². The van der Waals surface area contributed by atoms with Crippen molar-refractivity contribution in [3.63, 3.8) is 0 Å². The summed E-state index contributed by atoms with van der Waals surface area (Å²) in [6.07, 6.45) is -0.0443. The quantitative estimate of drug-likeness (QED) is 0.655. The lowest BCUT2D eigenvalue weighted by atomic mass is 10.0. The number of esters is 1. The van der Waals surface area contributed by atoms with Gasteiger partial charge in [0.2, 0.25) is 5.91 Å². The molecule has 0 radical (unpaired) electrons. The molecule has 1 aromatic carbocycles. The van der Waals surface area contributed by atoms with Crippen molar-refractivity contribution in [2.24, 2.45) is 0 Å². The number of aromatic nitrogens is 4. The molecule has 2 heterocycles. The molecule has 25 heavy (non-hydrogen) atoms. The minimum absolute atomic E-state index is 0.0443. The van der Waals surface area contributed by atoms with Gasteiger partial charge in [-0.1, -0.05) is 35.5 Å². The first-order valence-corrected chi connectivity index (χ1v) is 8.43. The Hall–Kier alpha value is -3.07. The molecule has 2 N–H and O–H groups in total. The molecule has 128 valence electrons. The maximum absolute atomic E-state index is 12.4. The van der Waals surface area contributed by atoms with Gasteiger partial charge in [0.1, 0.15) is 10.6 Å². The van der Waals surface area contributed by atoms with Gasteiger partial charge in [0.25, 0.3) is 0 Å². The van der Waals surface area contributed by atoms with Crippen LogP contribution in [-0.4, -0.2) is 39.1 Å². The van der Waals surface area contributed by atoms with E-state index in [1.165, 1.54) is 11.3 Å². The number of aromatic amines is 1. The predicted molar refractivity (Wildman–Crippen MR) is 92.2 cm³/mol. The summed E-state index contributed by atoms with van der Waals surface area (Å²) >= 11 is 1.27. The molecule has 0 fully saturated rings. The molecule has 0 unspecified atom stereocenters. The minimum Gasteiger partial charge on any atom is -0.462 e. The third-order valence-corrected chi connectivity index (χ3v) is 4.21. The Bertz CT molecular complexity index is 861. The number of hydrogen-bond acceptors (Lipinski definition) is 7. The second-order valence-electron chi connectivity index (χ2n) is 4.99. The third-order valence-electron chi connectivity index (χ3n) is 3.32. The van der Waals surface area contributed by atoms with Gasteiger partial charge in [0.05, 0.1) is 13.0 Å². The smallest absolute Gasteiger partial charge is 0.341 e. The number of carbonyl (C=O) groups excluding carboxylic acids is 2. The van der Waals surface area contributed by atoms with Crippen LogP contribution in [0.4, 0.5) is 5.00 Å². The van der Waals surface area contributed by atoms with Gasteiger partial charge in [0.15, 0.2) is 5.82 Å². The fraction of sp³-hybridized carbons (Fsp3) is 0.188. The van der Waals surface area contributed by atoms with Crippen LogP contribution < -0.4 is 5.32 Å². The second kappa shape index (κ2) is 7.67. The molecule has 0 aliphatic rings. The largest absolute Gasteiger partial charge is 0.462 e. The molecule has 0 bridgehead atoms. The summed E-state index contributed by atoms with van der Waals surface area (Å²) < 4.78 is 5.15. The van der Waals surface area contributed by atoms with Crippen LogP contribution in [0.25, 0.3) is 11.1 Å². The van der Waals surface area contributed by atoms with Crippen molar-refractivity contribution in [2.45, 2.75) is 13.3 Å². The van der Waals surface area contributed by atoms with Crippen LogP contribution in [0.3, 0.4) is 0 Å². The lowest BCUT2D eigenvalue weighted by Crippen LogP contribution is -2.17. The van der Waals surface area contributed by atoms with Crippen molar-refractivity contribution in [1.29, 1.82) is 0 Å². The standard InChI is InChI=1S/C16H15N5O3S/c1-2-24-16(23)14-11(10-6-4-3-5-7-10)9-25-15(14)17-13(22)8-12-18-20-21-19-12/h3-7,9H,2,8H2,1H3,(H,17,22)(H,18,19,20,21). The van der Waals surface area contributed by atoms with Crippen molar-refractivity contribution in [3.8, 4) is 11.1 Å². The van der Waals surface area contributed by atoms with Gasteiger partial charge in [-0.2, -0.15) is 5.21 Å². The number of ether oxygens (including phenoxy) is 1. The molecular formula is C16H15N5O3S. The fourth-order valence-corrected chi connectivity index (χ4v) is 3.23. The summed E-state index contributed by atoms with van der Waals surface area (Å²) in [5.41, 5.74) is 1.94. The van der Waals surface area contributed by atoms with Crippen molar-refractivity contribution in [2.75, 3.05) is 11.9 Å². The molecule has 3 rings (SSSR count). The molecule has 0 spiro atoms. The highest BCUT2D eigenvalue weighted by molar-refractivity contribution is 7.15. The van der Waals surface area contributed by atoms with E-state index in [1.54, 1.807) is 6.92 Å². The molecule has 0 aliphatic heterocycles. The SMILES string of the molecule is CCOC(=O)c1c(-c2ccccc2)csc1NC(=O)Cc1nn[nH]n1. The van der Waals surface area contributed by atoms with Crippen molar-refractivity contribution >= 4 is 28.2 Å². The number of nitrogens with zero attached hydrogens (tertiary/aromatic N) is 3. The van der Waals surface area contributed by atoms with Gasteiger partial charge in [-0.3, -0.25) is 4.79 Å². The highest BCUT2D eigenvalue weighted by Gasteiger charge is 2.23. The Labute approximate surface area is 147 Å². The highest BCUT2D eigenvalue weighted by Crippen LogP contribution is 2.36. The summed E-state index contributed by atoms with van der Waals surface area (Å²) in [5, 5.41) is 18.2. The van der Waals surface area contributed by atoms with Crippen molar-refractivity contribution in [1.82, 2.24) is 20.6 Å². The Kier molecular flexibility index (Phi) is 5.14. The lowest BCUT2D eigenvalue weighted by molar-refractivity contribution is -0.115. The zero-order valence-electron chi connectivity index (χ0n) is 13.4. The van der Waals surface area contributed by atoms with Crippen LogP contribution in [0.2, 0.25) is 0 Å². The number of carbonyl (C=O) groups is 2. The Morgan fingerprint density at radius 3 is 2.76 bits per heavy atom. The van der Waals surface area contributed by atoms with E-state index in [0.717, 1.165) is 11.1 Å². The van der Waals surface area contributed by atoms with Crippen LogP contribution in [0, 0.1) is 0 Å². The number of nitrogens with one attached hydrogen (secondary N) is 2. The van der Waals surface area contributed by atoms with Crippen LogP contribution in [0.1, 0.15) is 23.1 Å². The zero-order chi connectivity index (χ0) is 17.6. The monoisotopic (exact) mass is 357 g/mol. The van der Waals surface area contributed by atoms with E-state index in [2.05, 4.69) is 25.9 Å². The first-order chi connectivity index (χ1) is 12.2. The van der Waals surface area contributed by atoms with Gasteiger partial charge in [-0.15, -0.1) is 21.5 Å². The molecule has 8 nitrogen and oxygen atoms in total. The molecule has 0 saturated heterocycles. The number of anilines is 1. The summed E-state index contributed by atoms with van der Waals surface area (Å²) in [4.78, 5) is 24.6. The fourth-order valence-electron chi connectivity index (χ4n) is 2.26. The van der Waals surface area contributed by atoms with E-state index < -0.39 is 5.97 Å². The highest BCUT2D eigenvalue weighted by atomic mass is 32.1. The molecule has 0 atom stereocenters. The minimum atomic E-state index is -0.475. The lowest BCUT2D eigenvalue weighted by Gasteiger charge is -2.08. The summed E-state index contributed by atoms with van der Waals surface area (Å²) in [7, 11) is 0. The molecule has 3 aromatic rings. The third kappa shape index (κ3) is 3.89. The predicted octanol–water partition coefficient (Wildman–Crippen LogP) is 2.29. The second-order valence-corrected chi connectivity index (χ2v) is 5.87. The first kappa shape index (κ1) is 16.8. The van der Waals surface area contributed by atoms with E-state index in [1.807, 2.05) is 35.7 Å². The van der Waals surface area contributed by atoms with Crippen LogP contribution >= 0.6 is 11.3 Å². The van der Waals surface area contributed by atoms with Crippen molar-refractivity contribution < 1.29 is 14.3 Å². The average Bonchev–Trinajstić information content (AvgIpc) is 3.25. The summed E-state index contributed by atoms with van der Waals surface area (Å²) in [6, 6.07) is 9.46. The number of hydrogen-bond donors (Lipinski definition) is 2. The molecule has 9 heteroatoms. The normalized spacial score (nSPS) is 10.4. The molecule has 0 aliphatic carbocycles. The first-order valence-electron chi connectivity index (χ1n) is 7.55. The molecule has 0 saturated carbocycles. The number of tetrazole rings is 1. The number of thiophene rings is 1. The van der Waals surface area contributed by atoms with Crippen LogP contribution in [-0.2, 0) is 16.0 Å². The topological polar surface area (TPSA) is 110 Å². The van der Waals surface area contributed by atoms with Crippen LogP contribution in [0.15, 0.2) is 35.7 Å². The molecule has 2 aromatic heterocycles. The summed E-state index contributed by atoms with van der Waals surface area (Å²) in [5.74, 6) is -0.541. The Morgan fingerprint density at radius 1 is 1.28 bits per heavy atom. The van der Waals surface area contributed by atoms with Gasteiger partial charge in [-0.25, -0.2) is 4.79 Å². The zero-order valence-corrected chi connectivity index (χ0v) is 14.2. The van der Waals surface area contributed by atoms with E-state index in [-0.39, 0.29) is 24.8 Å². The Balaban J connectivity index is 1.89. The average molecular weight is 357 g/mol. The maximum Gasteiger partial charge on any atom is 0.341 e. The maximum atomic E-state index is 12.4. The molecule has 1 amide bonds. The van der Waals surface area contributed by atoms with E-state index in [4.69, 9.17) is 4.74 Å². The Morgan fingerprint density at radius 2 is 2.08 bits per heavy atom. The number of H-pyrrole nitrogens is 1. The van der Waals surface area contributed by atoms with Gasteiger partial charge >= 0.3 is 5.97 Å². The van der Waals surface area contributed by atoms with Gasteiger partial charge in [-0.05, 0) is 12.5 Å².